The van der Waals surface area contributed by atoms with E-state index in [4.69, 9.17) is 5.26 Å². The van der Waals surface area contributed by atoms with Gasteiger partial charge in [-0.05, 0) is 24.1 Å². The molecule has 3 heterocycles. The lowest BCUT2D eigenvalue weighted by molar-refractivity contribution is 0.279. The molecule has 0 aliphatic carbocycles. The van der Waals surface area contributed by atoms with E-state index in [0.29, 0.717) is 5.56 Å². The molecular formula is C20H18N6. The summed E-state index contributed by atoms with van der Waals surface area (Å²) >= 11 is 0. The third kappa shape index (κ3) is 3.44. The maximum absolute atomic E-state index is 9.08. The third-order valence-electron chi connectivity index (χ3n) is 4.67. The maximum Gasteiger partial charge on any atom is 0.116 e. The fourth-order valence-electron chi connectivity index (χ4n) is 3.40. The van der Waals surface area contributed by atoms with Crippen LogP contribution in [0.5, 0.6) is 0 Å². The van der Waals surface area contributed by atoms with E-state index in [2.05, 4.69) is 37.0 Å². The normalized spacial score (nSPS) is 14.3. The molecular weight excluding hydrogens is 324 g/mol. The van der Waals surface area contributed by atoms with Gasteiger partial charge in [0.1, 0.15) is 12.7 Å². The number of nitrogens with zero attached hydrogens (tertiary/aromatic N) is 6. The zero-order chi connectivity index (χ0) is 17.8. The zero-order valence-corrected chi connectivity index (χ0v) is 14.3. The van der Waals surface area contributed by atoms with Crippen LogP contribution in [0.3, 0.4) is 0 Å². The molecule has 6 nitrogen and oxygen atoms in total. The lowest BCUT2D eigenvalue weighted by Gasteiger charge is -2.19. The predicted molar refractivity (Wildman–Crippen MR) is 96.9 cm³/mol. The largest absolute Gasteiger partial charge is 0.298 e. The highest BCUT2D eigenvalue weighted by molar-refractivity contribution is 5.62. The van der Waals surface area contributed by atoms with Crippen molar-refractivity contribution >= 4 is 0 Å². The Morgan fingerprint density at radius 3 is 2.73 bits per heavy atom. The van der Waals surface area contributed by atoms with Crippen LogP contribution in [0.15, 0.2) is 49.3 Å². The molecule has 1 aromatic carbocycles. The van der Waals surface area contributed by atoms with Gasteiger partial charge in [0.25, 0.3) is 0 Å². The molecule has 0 fully saturated rings. The molecule has 128 valence electrons. The van der Waals surface area contributed by atoms with Crippen molar-refractivity contribution in [3.05, 3.63) is 71.7 Å². The van der Waals surface area contributed by atoms with E-state index in [1.54, 1.807) is 18.7 Å². The number of aromatic nitrogens is 4. The maximum atomic E-state index is 9.08. The van der Waals surface area contributed by atoms with E-state index in [0.717, 1.165) is 55.0 Å². The van der Waals surface area contributed by atoms with Gasteiger partial charge in [0.2, 0.25) is 0 Å². The van der Waals surface area contributed by atoms with Crippen molar-refractivity contribution in [3.8, 4) is 17.3 Å². The van der Waals surface area contributed by atoms with Crippen LogP contribution in [0, 0.1) is 11.3 Å². The highest BCUT2D eigenvalue weighted by Gasteiger charge is 2.19. The minimum absolute atomic E-state index is 0.706. The van der Waals surface area contributed by atoms with Gasteiger partial charge in [-0.1, -0.05) is 12.1 Å². The summed E-state index contributed by atoms with van der Waals surface area (Å²) < 4.78 is 0. The summed E-state index contributed by atoms with van der Waals surface area (Å²) in [5.74, 6) is 0. The van der Waals surface area contributed by atoms with Gasteiger partial charge in [-0.2, -0.15) is 5.26 Å². The SMILES string of the molecule is N#Cc1cccc(CN2CCc3ncnc(-c4cncnc4)c3CC2)c1. The van der Waals surface area contributed by atoms with Crippen molar-refractivity contribution in [2.24, 2.45) is 0 Å². The summed E-state index contributed by atoms with van der Waals surface area (Å²) in [6.07, 6.45) is 8.53. The van der Waals surface area contributed by atoms with E-state index in [1.807, 2.05) is 18.2 Å². The van der Waals surface area contributed by atoms with Crippen molar-refractivity contribution < 1.29 is 0 Å². The Morgan fingerprint density at radius 2 is 1.88 bits per heavy atom. The van der Waals surface area contributed by atoms with Gasteiger partial charge in [0.05, 0.1) is 17.3 Å². The molecule has 2 aromatic heterocycles. The zero-order valence-electron chi connectivity index (χ0n) is 14.3. The summed E-state index contributed by atoms with van der Waals surface area (Å²) in [5, 5.41) is 9.08. The Kier molecular flexibility index (Phi) is 4.63. The highest BCUT2D eigenvalue weighted by atomic mass is 15.1. The van der Waals surface area contributed by atoms with E-state index >= 15 is 0 Å². The molecule has 0 saturated heterocycles. The third-order valence-corrected chi connectivity index (χ3v) is 4.67. The van der Waals surface area contributed by atoms with Crippen LogP contribution < -0.4 is 0 Å². The smallest absolute Gasteiger partial charge is 0.116 e. The second kappa shape index (κ2) is 7.38. The molecule has 3 aromatic rings. The molecule has 0 atom stereocenters. The minimum atomic E-state index is 0.706. The fourth-order valence-corrected chi connectivity index (χ4v) is 3.40. The molecule has 1 aliphatic heterocycles. The Morgan fingerprint density at radius 1 is 1.04 bits per heavy atom. The molecule has 0 N–H and O–H groups in total. The molecule has 0 saturated carbocycles. The average molecular weight is 342 g/mol. The second-order valence-corrected chi connectivity index (χ2v) is 6.36. The number of benzene rings is 1. The molecule has 6 heteroatoms. The Hall–Kier alpha value is -3.17. The first kappa shape index (κ1) is 16.3. The van der Waals surface area contributed by atoms with Crippen molar-refractivity contribution in [1.82, 2.24) is 24.8 Å². The summed E-state index contributed by atoms with van der Waals surface area (Å²) in [4.78, 5) is 19.6. The minimum Gasteiger partial charge on any atom is -0.298 e. The van der Waals surface area contributed by atoms with E-state index in [-0.39, 0.29) is 0 Å². The lowest BCUT2D eigenvalue weighted by atomic mass is 10.0. The van der Waals surface area contributed by atoms with Gasteiger partial charge < -0.3 is 0 Å². The van der Waals surface area contributed by atoms with Crippen LogP contribution in [0.4, 0.5) is 0 Å². The predicted octanol–water partition coefficient (Wildman–Crippen LogP) is 2.41. The van der Waals surface area contributed by atoms with Gasteiger partial charge in [-0.3, -0.25) is 4.90 Å². The van der Waals surface area contributed by atoms with Gasteiger partial charge in [0, 0.05) is 55.3 Å². The second-order valence-electron chi connectivity index (χ2n) is 6.36. The molecule has 0 bridgehead atoms. The molecule has 0 radical (unpaired) electrons. The first-order valence-electron chi connectivity index (χ1n) is 8.63. The monoisotopic (exact) mass is 342 g/mol. The summed E-state index contributed by atoms with van der Waals surface area (Å²) in [6.45, 7) is 2.70. The standard InChI is InChI=1S/C20H18N6/c21-9-15-2-1-3-16(8-15)12-26-6-4-18-19(5-7-26)24-14-25-20(18)17-10-22-13-23-11-17/h1-3,8,10-11,13-14H,4-7,12H2. The van der Waals surface area contributed by atoms with Crippen molar-refractivity contribution in [2.75, 3.05) is 13.1 Å². The van der Waals surface area contributed by atoms with Gasteiger partial charge >= 0.3 is 0 Å². The Balaban J connectivity index is 1.55. The van der Waals surface area contributed by atoms with Gasteiger partial charge in [0.15, 0.2) is 0 Å². The molecule has 0 amide bonds. The number of hydrogen-bond donors (Lipinski definition) is 0. The van der Waals surface area contributed by atoms with E-state index in [9.17, 15) is 0 Å². The van der Waals surface area contributed by atoms with Gasteiger partial charge in [-0.25, -0.2) is 19.9 Å². The Bertz CT molecular complexity index is 948. The quantitative estimate of drug-likeness (QED) is 0.727. The summed E-state index contributed by atoms with van der Waals surface area (Å²) in [5.41, 5.74) is 6.03. The van der Waals surface area contributed by atoms with Crippen LogP contribution >= 0.6 is 0 Å². The van der Waals surface area contributed by atoms with Crippen molar-refractivity contribution in [3.63, 3.8) is 0 Å². The number of nitriles is 1. The van der Waals surface area contributed by atoms with Crippen LogP contribution in [-0.2, 0) is 19.4 Å². The Labute approximate surface area is 152 Å². The topological polar surface area (TPSA) is 78.6 Å². The number of rotatable bonds is 3. The van der Waals surface area contributed by atoms with E-state index in [1.165, 1.54) is 11.9 Å². The van der Waals surface area contributed by atoms with Crippen LogP contribution in [0.25, 0.3) is 11.3 Å². The van der Waals surface area contributed by atoms with Crippen molar-refractivity contribution in [1.29, 1.82) is 5.26 Å². The molecule has 26 heavy (non-hydrogen) atoms. The lowest BCUT2D eigenvalue weighted by Crippen LogP contribution is -2.26. The average Bonchev–Trinajstić information content (AvgIpc) is 2.91. The van der Waals surface area contributed by atoms with Crippen molar-refractivity contribution in [2.45, 2.75) is 19.4 Å². The summed E-state index contributed by atoms with van der Waals surface area (Å²) in [7, 11) is 0. The highest BCUT2D eigenvalue weighted by Crippen LogP contribution is 2.25. The summed E-state index contributed by atoms with van der Waals surface area (Å²) in [6, 6.07) is 10.0. The van der Waals surface area contributed by atoms with Crippen LogP contribution in [-0.4, -0.2) is 37.9 Å². The molecule has 0 unspecified atom stereocenters. The van der Waals surface area contributed by atoms with E-state index < -0.39 is 0 Å². The number of hydrogen-bond acceptors (Lipinski definition) is 6. The molecule has 1 aliphatic rings. The number of fused-ring (bicyclic) bond motifs is 1. The first-order valence-corrected chi connectivity index (χ1v) is 8.63. The van der Waals surface area contributed by atoms with Crippen LogP contribution in [0.1, 0.15) is 22.4 Å². The first-order chi connectivity index (χ1) is 12.8. The van der Waals surface area contributed by atoms with Gasteiger partial charge in [-0.15, -0.1) is 0 Å². The fraction of sp³-hybridized carbons (Fsp3) is 0.250. The van der Waals surface area contributed by atoms with Crippen LogP contribution in [0.2, 0.25) is 0 Å². The molecule has 0 spiro atoms. The molecule has 4 rings (SSSR count).